The van der Waals surface area contributed by atoms with Gasteiger partial charge in [-0.3, -0.25) is 0 Å². The van der Waals surface area contributed by atoms with Gasteiger partial charge in [0.2, 0.25) is 0 Å². The van der Waals surface area contributed by atoms with E-state index >= 15 is 0 Å². The van der Waals surface area contributed by atoms with Crippen molar-refractivity contribution in [1.82, 2.24) is 0 Å². The Morgan fingerprint density at radius 2 is 1.80 bits per heavy atom. The summed E-state index contributed by atoms with van der Waals surface area (Å²) in [6.07, 6.45) is 20.9. The van der Waals surface area contributed by atoms with E-state index in [2.05, 4.69) is 31.2 Å². The lowest BCUT2D eigenvalue weighted by Gasteiger charge is -2.32. The standard InChI is InChI=1S/C15H24/c1-15(12-8-4-5-9-13-15)14-10-6-2-3-7-11-14/h6,8,10,12,14H,2-5,7,9,11,13H2,1H3. The summed E-state index contributed by atoms with van der Waals surface area (Å²) in [7, 11) is 0. The van der Waals surface area contributed by atoms with Gasteiger partial charge in [0, 0.05) is 0 Å². The highest BCUT2D eigenvalue weighted by Crippen LogP contribution is 2.41. The maximum Gasteiger partial charge on any atom is -0.00838 e. The monoisotopic (exact) mass is 204 g/mol. The van der Waals surface area contributed by atoms with Gasteiger partial charge in [0.1, 0.15) is 0 Å². The molecule has 0 fully saturated rings. The van der Waals surface area contributed by atoms with Gasteiger partial charge in [0.15, 0.2) is 0 Å². The van der Waals surface area contributed by atoms with Crippen molar-refractivity contribution in [3.63, 3.8) is 0 Å². The summed E-state index contributed by atoms with van der Waals surface area (Å²) in [6.45, 7) is 2.47. The van der Waals surface area contributed by atoms with E-state index in [-0.39, 0.29) is 0 Å². The van der Waals surface area contributed by atoms with E-state index in [0.29, 0.717) is 5.41 Å². The Labute approximate surface area is 94.5 Å². The van der Waals surface area contributed by atoms with Crippen LogP contribution in [0.1, 0.15) is 58.3 Å². The van der Waals surface area contributed by atoms with Crippen molar-refractivity contribution in [2.75, 3.05) is 0 Å². The van der Waals surface area contributed by atoms with E-state index in [1.165, 1.54) is 51.4 Å². The molecule has 0 amide bonds. The first-order valence-corrected chi connectivity index (χ1v) is 6.66. The summed E-state index contributed by atoms with van der Waals surface area (Å²) in [5.74, 6) is 0.800. The minimum atomic E-state index is 0.456. The second-order valence-corrected chi connectivity index (χ2v) is 5.47. The molecule has 0 saturated carbocycles. The average molecular weight is 204 g/mol. The lowest BCUT2D eigenvalue weighted by Crippen LogP contribution is -2.23. The largest absolute Gasteiger partial charge is 0.0882 e. The van der Waals surface area contributed by atoms with E-state index in [1.54, 1.807) is 0 Å². The lowest BCUT2D eigenvalue weighted by atomic mass is 9.72. The van der Waals surface area contributed by atoms with Crippen molar-refractivity contribution in [1.29, 1.82) is 0 Å². The molecule has 0 heterocycles. The van der Waals surface area contributed by atoms with Crippen molar-refractivity contribution in [2.24, 2.45) is 11.3 Å². The second-order valence-electron chi connectivity index (χ2n) is 5.47. The summed E-state index contributed by atoms with van der Waals surface area (Å²) in [4.78, 5) is 0. The number of allylic oxidation sites excluding steroid dienone is 4. The van der Waals surface area contributed by atoms with Gasteiger partial charge in [0.05, 0.1) is 0 Å². The Kier molecular flexibility index (Phi) is 3.66. The third-order valence-electron chi connectivity index (χ3n) is 4.19. The molecule has 0 aliphatic heterocycles. The SMILES string of the molecule is CC1(C2C=CCCCC2)C=CCCCC1. The van der Waals surface area contributed by atoms with Crippen molar-refractivity contribution in [3.05, 3.63) is 24.3 Å². The Hall–Kier alpha value is -0.520. The minimum absolute atomic E-state index is 0.456. The fraction of sp³-hybridized carbons (Fsp3) is 0.733. The molecule has 0 spiro atoms. The van der Waals surface area contributed by atoms with Crippen LogP contribution in [-0.2, 0) is 0 Å². The van der Waals surface area contributed by atoms with Gasteiger partial charge in [-0.15, -0.1) is 0 Å². The van der Waals surface area contributed by atoms with Gasteiger partial charge in [-0.05, 0) is 49.9 Å². The van der Waals surface area contributed by atoms with Crippen LogP contribution in [0.5, 0.6) is 0 Å². The second kappa shape index (κ2) is 5.01. The number of hydrogen-bond donors (Lipinski definition) is 0. The summed E-state index contributed by atoms with van der Waals surface area (Å²) >= 11 is 0. The third-order valence-corrected chi connectivity index (χ3v) is 4.19. The van der Waals surface area contributed by atoms with Crippen LogP contribution in [0.25, 0.3) is 0 Å². The minimum Gasteiger partial charge on any atom is -0.0882 e. The van der Waals surface area contributed by atoms with Gasteiger partial charge in [-0.2, -0.15) is 0 Å². The Morgan fingerprint density at radius 1 is 1.00 bits per heavy atom. The van der Waals surface area contributed by atoms with Crippen LogP contribution in [0.3, 0.4) is 0 Å². The summed E-state index contributed by atoms with van der Waals surface area (Å²) < 4.78 is 0. The van der Waals surface area contributed by atoms with Crippen LogP contribution in [0, 0.1) is 11.3 Å². The summed E-state index contributed by atoms with van der Waals surface area (Å²) in [5.41, 5.74) is 0.456. The maximum atomic E-state index is 2.51. The van der Waals surface area contributed by atoms with E-state index in [1.807, 2.05) is 0 Å². The van der Waals surface area contributed by atoms with Gasteiger partial charge >= 0.3 is 0 Å². The molecule has 0 saturated heterocycles. The highest BCUT2D eigenvalue weighted by Gasteiger charge is 2.30. The zero-order chi connectivity index (χ0) is 10.6. The average Bonchev–Trinajstić information content (AvgIpc) is 2.60. The summed E-state index contributed by atoms with van der Waals surface area (Å²) in [6, 6.07) is 0. The normalized spacial score (nSPS) is 37.3. The molecule has 2 unspecified atom stereocenters. The molecule has 2 atom stereocenters. The molecule has 0 aromatic carbocycles. The molecule has 0 radical (unpaired) electrons. The Bertz CT molecular complexity index is 249. The molecular formula is C15H24. The molecule has 0 bridgehead atoms. The first-order valence-electron chi connectivity index (χ1n) is 6.66. The topological polar surface area (TPSA) is 0 Å². The molecule has 84 valence electrons. The fourth-order valence-corrected chi connectivity index (χ4v) is 3.05. The van der Waals surface area contributed by atoms with Gasteiger partial charge < -0.3 is 0 Å². The Morgan fingerprint density at radius 3 is 2.73 bits per heavy atom. The zero-order valence-corrected chi connectivity index (χ0v) is 10.0. The predicted molar refractivity (Wildman–Crippen MR) is 66.8 cm³/mol. The van der Waals surface area contributed by atoms with Crippen LogP contribution in [0.4, 0.5) is 0 Å². The third kappa shape index (κ3) is 2.74. The predicted octanol–water partition coefficient (Wildman–Crippen LogP) is 4.87. The fourth-order valence-electron chi connectivity index (χ4n) is 3.05. The van der Waals surface area contributed by atoms with Crippen LogP contribution in [-0.4, -0.2) is 0 Å². The van der Waals surface area contributed by atoms with E-state index in [9.17, 15) is 0 Å². The highest BCUT2D eigenvalue weighted by atomic mass is 14.3. The molecule has 0 nitrogen and oxygen atoms in total. The molecule has 2 rings (SSSR count). The van der Waals surface area contributed by atoms with Crippen LogP contribution in [0.2, 0.25) is 0 Å². The highest BCUT2D eigenvalue weighted by molar-refractivity contribution is 5.09. The van der Waals surface area contributed by atoms with Gasteiger partial charge in [-0.1, -0.05) is 44.1 Å². The molecule has 0 heteroatoms. The van der Waals surface area contributed by atoms with Crippen molar-refractivity contribution in [3.8, 4) is 0 Å². The first kappa shape index (κ1) is 11.0. The first-order chi connectivity index (χ1) is 7.31. The van der Waals surface area contributed by atoms with Crippen molar-refractivity contribution >= 4 is 0 Å². The van der Waals surface area contributed by atoms with E-state index < -0.39 is 0 Å². The smallest absolute Gasteiger partial charge is 0.00838 e. The molecule has 2 aliphatic carbocycles. The molecule has 0 N–H and O–H groups in total. The molecule has 2 aliphatic rings. The van der Waals surface area contributed by atoms with Crippen LogP contribution < -0.4 is 0 Å². The van der Waals surface area contributed by atoms with Crippen molar-refractivity contribution in [2.45, 2.75) is 58.3 Å². The van der Waals surface area contributed by atoms with E-state index in [0.717, 1.165) is 5.92 Å². The van der Waals surface area contributed by atoms with Crippen LogP contribution >= 0.6 is 0 Å². The number of hydrogen-bond acceptors (Lipinski definition) is 0. The molecule has 15 heavy (non-hydrogen) atoms. The zero-order valence-electron chi connectivity index (χ0n) is 10.0. The molecule has 0 aromatic rings. The van der Waals surface area contributed by atoms with Crippen LogP contribution in [0.15, 0.2) is 24.3 Å². The van der Waals surface area contributed by atoms with Crippen molar-refractivity contribution < 1.29 is 0 Å². The quantitative estimate of drug-likeness (QED) is 0.535. The number of rotatable bonds is 1. The summed E-state index contributed by atoms with van der Waals surface area (Å²) in [5, 5.41) is 0. The maximum absolute atomic E-state index is 2.51. The molecule has 0 aromatic heterocycles. The van der Waals surface area contributed by atoms with E-state index in [4.69, 9.17) is 0 Å². The molecular weight excluding hydrogens is 180 g/mol. The Balaban J connectivity index is 2.10. The van der Waals surface area contributed by atoms with Gasteiger partial charge in [0.25, 0.3) is 0 Å². The lowest BCUT2D eigenvalue weighted by molar-refractivity contribution is 0.264. The van der Waals surface area contributed by atoms with Gasteiger partial charge in [-0.25, -0.2) is 0 Å².